The van der Waals surface area contributed by atoms with Gasteiger partial charge in [-0.15, -0.1) is 0 Å². The van der Waals surface area contributed by atoms with Crippen molar-refractivity contribution in [2.45, 2.75) is 0 Å². The van der Waals surface area contributed by atoms with Crippen molar-refractivity contribution in [1.82, 2.24) is 0 Å². The van der Waals surface area contributed by atoms with E-state index in [4.69, 9.17) is 11.6 Å². The van der Waals surface area contributed by atoms with E-state index in [1.54, 1.807) is 0 Å². The molecular weight excluding hydrogens is 144 g/mol. The van der Waals surface area contributed by atoms with Crippen molar-refractivity contribution in [2.24, 2.45) is 0 Å². The van der Waals surface area contributed by atoms with Gasteiger partial charge in [-0.3, -0.25) is 0 Å². The summed E-state index contributed by atoms with van der Waals surface area (Å²) in [6.07, 6.45) is 0. The second-order valence-corrected chi connectivity index (χ2v) is 0.871. The lowest BCUT2D eigenvalue weighted by molar-refractivity contribution is -0.609. The normalized spacial score (nSPS) is 5.00. The Bertz CT molecular complexity index is 10.8. The lowest BCUT2D eigenvalue weighted by Crippen LogP contribution is -3.00. The van der Waals surface area contributed by atoms with Crippen LogP contribution in [0.25, 0.3) is 0 Å². The third kappa shape index (κ3) is 21.2. The second-order valence-electron chi connectivity index (χ2n) is 0.563. The van der Waals surface area contributed by atoms with Crippen molar-refractivity contribution in [3.63, 3.8) is 0 Å². The average molecular weight is 151 g/mol. The molecule has 2 N–H and O–H groups in total. The quantitative estimate of drug-likeness (QED) is 0.284. The first kappa shape index (κ1) is 15.8. The molecule has 0 aromatic rings. The van der Waals surface area contributed by atoms with Gasteiger partial charge in [0.15, 0.2) is 6.00 Å². The molecule has 0 bridgehead atoms. The minimum absolute atomic E-state index is 0. The number of rotatable bonds is 1. The molecule has 0 fully saturated rings. The summed E-state index contributed by atoms with van der Waals surface area (Å²) in [5, 5.41) is 1.89. The Kier molecular flexibility index (Phi) is 44.8. The molecule has 6 heavy (non-hydrogen) atoms. The molecule has 4 heteroatoms. The lowest BCUT2D eigenvalue weighted by atomic mass is 11.3. The van der Waals surface area contributed by atoms with Crippen LogP contribution >= 0.6 is 11.6 Å². The van der Waals surface area contributed by atoms with Crippen LogP contribution in [-0.2, 0) is 0 Å². The van der Waals surface area contributed by atoms with E-state index in [1.165, 1.54) is 0 Å². The molecule has 0 aliphatic carbocycles. The molecule has 0 saturated carbocycles. The molecule has 0 aromatic carbocycles. The van der Waals surface area contributed by atoms with Crippen LogP contribution in [0.5, 0.6) is 0 Å². The molecule has 0 atom stereocenters. The molecule has 0 spiro atoms. The third-order valence-corrected chi connectivity index (χ3v) is 0.463. The van der Waals surface area contributed by atoms with E-state index < -0.39 is 0 Å². The predicted molar refractivity (Wildman–Crippen MR) is 18.6 cm³/mol. The summed E-state index contributed by atoms with van der Waals surface area (Å²) < 4.78 is 0. The number of nitrogens with two attached hydrogens (primary N) is 1. The van der Waals surface area contributed by atoms with Crippen LogP contribution in [0.1, 0.15) is 0 Å². The zero-order chi connectivity index (χ0) is 3.41. The van der Waals surface area contributed by atoms with Crippen molar-refractivity contribution in [1.29, 1.82) is 0 Å². The fourth-order valence-corrected chi connectivity index (χ4v) is 0. The molecule has 0 saturated heterocycles. The number of hydrogen-bond acceptors (Lipinski definition) is 0. The van der Waals surface area contributed by atoms with Gasteiger partial charge < -0.3 is 30.1 Å². The monoisotopic (exact) mass is 150 g/mol. The molecule has 0 aliphatic heterocycles. The van der Waals surface area contributed by atoms with Crippen LogP contribution in [-0.4, -0.2) is 13.1 Å². The molecule has 0 radical (unpaired) electrons. The molecule has 1 nitrogen and oxygen atoms in total. The van der Waals surface area contributed by atoms with Gasteiger partial charge >= 0.3 is 0 Å². The van der Waals surface area contributed by atoms with Gasteiger partial charge in [-0.1, -0.05) is 11.6 Å². The van der Waals surface area contributed by atoms with Crippen LogP contribution in [0.3, 0.4) is 0 Å². The fraction of sp³-hybridized carbons (Fsp3) is 1.00. The summed E-state index contributed by atoms with van der Waals surface area (Å²) >= 11 is 5.13. The first-order valence-corrected chi connectivity index (χ1v) is 1.79. The maximum Gasteiger partial charge on any atom is 0.151 e. The highest BCUT2D eigenvalue weighted by Gasteiger charge is 1.57. The Morgan fingerprint density at radius 1 is 1.50 bits per heavy atom. The van der Waals surface area contributed by atoms with Crippen LogP contribution in [0.15, 0.2) is 0 Å². The van der Waals surface area contributed by atoms with Crippen LogP contribution < -0.4 is 30.1 Å². The van der Waals surface area contributed by atoms with Gasteiger partial charge in [0.05, 0.1) is 7.05 Å². The van der Waals surface area contributed by atoms with Crippen molar-refractivity contribution in [3.8, 4) is 0 Å². The molecular formula is C2H7Cl3N-. The van der Waals surface area contributed by atoms with E-state index in [2.05, 4.69) is 0 Å². The van der Waals surface area contributed by atoms with Crippen LogP contribution in [0, 0.1) is 0 Å². The number of hydrogen-bond donors (Lipinski definition) is 1. The first-order chi connectivity index (χ1) is 1.91. The first-order valence-electron chi connectivity index (χ1n) is 1.25. The molecule has 0 aliphatic rings. The van der Waals surface area contributed by atoms with E-state index in [9.17, 15) is 0 Å². The van der Waals surface area contributed by atoms with Gasteiger partial charge in [0.2, 0.25) is 0 Å². The van der Waals surface area contributed by atoms with E-state index in [-0.39, 0.29) is 24.8 Å². The molecule has 0 aromatic heterocycles. The molecule has 0 rings (SSSR count). The highest BCUT2D eigenvalue weighted by Crippen LogP contribution is 1.46. The molecule has 0 amide bonds. The Hall–Kier alpha value is 0.830. The zero-order valence-corrected chi connectivity index (χ0v) is 5.69. The topological polar surface area (TPSA) is 16.6 Å². The molecule has 0 heterocycles. The van der Waals surface area contributed by atoms with Crippen LogP contribution in [0.2, 0.25) is 0 Å². The molecule has 42 valence electrons. The summed E-state index contributed by atoms with van der Waals surface area (Å²) in [5.74, 6) is 0. The van der Waals surface area contributed by atoms with Gasteiger partial charge in [0.25, 0.3) is 0 Å². The number of halogens is 3. The average Bonchev–Trinajstić information content (AvgIpc) is 1.37. The standard InChI is InChI=1S/C2H6ClN.2ClH/c1-4-2-3;;/h4H,2H2,1H3;2*1H/p-1. The smallest absolute Gasteiger partial charge is 0.151 e. The summed E-state index contributed by atoms with van der Waals surface area (Å²) in [6, 6.07) is 0.667. The predicted octanol–water partition coefficient (Wildman–Crippen LogP) is -6.62. The number of quaternary nitrogens is 1. The third-order valence-electron chi connectivity index (χ3n) is 0.154. The van der Waals surface area contributed by atoms with E-state index >= 15 is 0 Å². The maximum absolute atomic E-state index is 5.13. The lowest BCUT2D eigenvalue weighted by Gasteiger charge is -1.70. The summed E-state index contributed by atoms with van der Waals surface area (Å²) in [7, 11) is 1.92. The summed E-state index contributed by atoms with van der Waals surface area (Å²) in [4.78, 5) is 0. The fourth-order valence-electron chi connectivity index (χ4n) is 0. The van der Waals surface area contributed by atoms with Crippen molar-refractivity contribution in [2.75, 3.05) is 13.1 Å². The number of alkyl halides is 1. The highest BCUT2D eigenvalue weighted by atomic mass is 35.5. The van der Waals surface area contributed by atoms with Crippen molar-refractivity contribution < 1.29 is 30.1 Å². The zero-order valence-electron chi connectivity index (χ0n) is 3.42. The van der Waals surface area contributed by atoms with E-state index in [0.29, 0.717) is 6.00 Å². The van der Waals surface area contributed by atoms with E-state index in [0.717, 1.165) is 0 Å². The second kappa shape index (κ2) is 17.0. The Balaban J connectivity index is -0.0000000450. The summed E-state index contributed by atoms with van der Waals surface area (Å²) in [5.41, 5.74) is 0. The maximum atomic E-state index is 5.13. The van der Waals surface area contributed by atoms with Gasteiger partial charge in [-0.25, -0.2) is 0 Å². The van der Waals surface area contributed by atoms with Crippen LogP contribution in [0.4, 0.5) is 0 Å². The Labute approximate surface area is 55.3 Å². The Morgan fingerprint density at radius 3 is 1.67 bits per heavy atom. The van der Waals surface area contributed by atoms with Gasteiger partial charge in [0.1, 0.15) is 0 Å². The minimum Gasteiger partial charge on any atom is -1.00 e. The Morgan fingerprint density at radius 2 is 1.67 bits per heavy atom. The largest absolute Gasteiger partial charge is 1.00 e. The minimum atomic E-state index is 0. The van der Waals surface area contributed by atoms with Gasteiger partial charge in [-0.05, 0) is 0 Å². The van der Waals surface area contributed by atoms with E-state index in [1.807, 2.05) is 12.4 Å². The van der Waals surface area contributed by atoms with Gasteiger partial charge in [-0.2, -0.15) is 0 Å². The highest BCUT2D eigenvalue weighted by molar-refractivity contribution is 6.16. The van der Waals surface area contributed by atoms with Crippen molar-refractivity contribution >= 4 is 11.6 Å². The van der Waals surface area contributed by atoms with Crippen molar-refractivity contribution in [3.05, 3.63) is 0 Å². The SMILES string of the molecule is C[NH2+]CCl.[Cl-].[Cl-]. The molecule has 0 unspecified atom stereocenters. The van der Waals surface area contributed by atoms with Gasteiger partial charge in [0, 0.05) is 0 Å². The summed E-state index contributed by atoms with van der Waals surface area (Å²) in [6.45, 7) is 0.